The molecule has 0 fully saturated rings. The highest BCUT2D eigenvalue weighted by Crippen LogP contribution is 2.27. The number of aliphatic hydroxyl groups is 1. The van der Waals surface area contributed by atoms with Crippen LogP contribution in [0.2, 0.25) is 0 Å². The van der Waals surface area contributed by atoms with Crippen molar-refractivity contribution in [2.45, 2.75) is 66.0 Å². The van der Waals surface area contributed by atoms with E-state index >= 15 is 0 Å². The summed E-state index contributed by atoms with van der Waals surface area (Å²) in [6.07, 6.45) is 4.59. The number of anilines is 1. The predicted octanol–water partition coefficient (Wildman–Crippen LogP) is 1.99. The van der Waals surface area contributed by atoms with E-state index < -0.39 is 0 Å². The Kier molecular flexibility index (Phi) is 7.30. The molecule has 0 radical (unpaired) electrons. The zero-order valence-corrected chi connectivity index (χ0v) is 17.2. The van der Waals surface area contributed by atoms with E-state index in [0.29, 0.717) is 43.3 Å². The molecule has 0 saturated heterocycles. The van der Waals surface area contributed by atoms with E-state index in [1.807, 2.05) is 24.8 Å². The first-order valence-electron chi connectivity index (χ1n) is 9.85. The second-order valence-corrected chi connectivity index (χ2v) is 7.75. The van der Waals surface area contributed by atoms with Crippen LogP contribution in [0, 0.1) is 5.92 Å². The number of ether oxygens (including phenoxy) is 1. The fourth-order valence-corrected chi connectivity index (χ4v) is 3.29. The van der Waals surface area contributed by atoms with Crippen molar-refractivity contribution in [1.82, 2.24) is 9.13 Å². The van der Waals surface area contributed by atoms with E-state index in [0.717, 1.165) is 12.1 Å². The molecular weight excluding hydrogens is 346 g/mol. The third-order valence-electron chi connectivity index (χ3n) is 4.71. The highest BCUT2D eigenvalue weighted by molar-refractivity contribution is 5.55. The van der Waals surface area contributed by atoms with Gasteiger partial charge in [0.05, 0.1) is 11.8 Å². The molecule has 0 bridgehead atoms. The van der Waals surface area contributed by atoms with E-state index in [1.54, 1.807) is 11.6 Å². The lowest BCUT2D eigenvalue weighted by atomic mass is 10.1. The number of aromatic nitrogens is 2. The molecule has 1 N–H and O–H groups in total. The maximum Gasteiger partial charge on any atom is 0.331 e. The zero-order chi connectivity index (χ0) is 20.1. The van der Waals surface area contributed by atoms with Crippen molar-refractivity contribution in [3.63, 3.8) is 0 Å². The van der Waals surface area contributed by atoms with Gasteiger partial charge in [-0.3, -0.25) is 13.9 Å². The minimum Gasteiger partial charge on any atom is -0.476 e. The molecule has 2 rings (SSSR count). The van der Waals surface area contributed by atoms with Crippen LogP contribution in [-0.2, 0) is 24.8 Å². The summed E-state index contributed by atoms with van der Waals surface area (Å²) in [4.78, 5) is 27.9. The van der Waals surface area contributed by atoms with Crippen LogP contribution >= 0.6 is 0 Å². The Morgan fingerprint density at radius 2 is 1.89 bits per heavy atom. The zero-order valence-electron chi connectivity index (χ0n) is 17.2. The van der Waals surface area contributed by atoms with Crippen molar-refractivity contribution in [2.75, 3.05) is 18.1 Å². The van der Waals surface area contributed by atoms with Gasteiger partial charge in [0.15, 0.2) is 5.88 Å². The van der Waals surface area contributed by atoms with Crippen LogP contribution in [-0.4, -0.2) is 33.5 Å². The van der Waals surface area contributed by atoms with Crippen LogP contribution in [0.15, 0.2) is 21.5 Å². The molecule has 0 saturated carbocycles. The molecule has 2 heterocycles. The van der Waals surface area contributed by atoms with Crippen molar-refractivity contribution in [1.29, 1.82) is 0 Å². The molecule has 0 spiro atoms. The quantitative estimate of drug-likeness (QED) is 0.748. The van der Waals surface area contributed by atoms with Gasteiger partial charge in [-0.15, -0.1) is 0 Å². The lowest BCUT2D eigenvalue weighted by Crippen LogP contribution is -2.45. The highest BCUT2D eigenvalue weighted by atomic mass is 16.5. The molecule has 1 aliphatic heterocycles. The van der Waals surface area contributed by atoms with Crippen LogP contribution in [0.25, 0.3) is 0 Å². The number of nitrogens with zero attached hydrogens (tertiary/aromatic N) is 3. The molecule has 1 aromatic heterocycles. The monoisotopic (exact) mass is 379 g/mol. The first-order valence-corrected chi connectivity index (χ1v) is 9.85. The Labute approximate surface area is 160 Å². The third-order valence-corrected chi connectivity index (χ3v) is 4.71. The number of hydrogen-bond acceptors (Lipinski definition) is 5. The van der Waals surface area contributed by atoms with Crippen molar-refractivity contribution in [3.8, 4) is 0 Å². The van der Waals surface area contributed by atoms with Crippen molar-refractivity contribution >= 4 is 5.69 Å². The molecular formula is C20H33N3O4. The molecule has 1 aromatic rings. The van der Waals surface area contributed by atoms with E-state index in [1.165, 1.54) is 4.57 Å². The lowest BCUT2D eigenvalue weighted by Gasteiger charge is -2.30. The Hall–Kier alpha value is -2.02. The Morgan fingerprint density at radius 3 is 2.48 bits per heavy atom. The minimum absolute atomic E-state index is 0.0107. The molecule has 7 heteroatoms. The summed E-state index contributed by atoms with van der Waals surface area (Å²) in [5.41, 5.74) is 0.641. The smallest absolute Gasteiger partial charge is 0.331 e. The highest BCUT2D eigenvalue weighted by Gasteiger charge is 2.27. The van der Waals surface area contributed by atoms with Crippen LogP contribution in [0.3, 0.4) is 0 Å². The third kappa shape index (κ3) is 4.83. The molecule has 0 aliphatic carbocycles. The van der Waals surface area contributed by atoms with Crippen LogP contribution < -0.4 is 16.1 Å². The number of allylic oxidation sites excluding steroid dienone is 1. The van der Waals surface area contributed by atoms with Gasteiger partial charge in [0.2, 0.25) is 0 Å². The first-order chi connectivity index (χ1) is 12.8. The summed E-state index contributed by atoms with van der Waals surface area (Å²) >= 11 is 0. The van der Waals surface area contributed by atoms with Gasteiger partial charge in [-0.05, 0) is 51.5 Å². The summed E-state index contributed by atoms with van der Waals surface area (Å²) in [6, 6.07) is 0. The van der Waals surface area contributed by atoms with Gasteiger partial charge in [-0.25, -0.2) is 4.79 Å². The van der Waals surface area contributed by atoms with Gasteiger partial charge in [0, 0.05) is 26.7 Å². The predicted molar refractivity (Wildman–Crippen MR) is 107 cm³/mol. The number of aliphatic hydroxyl groups excluding tert-OH is 1. The molecule has 1 aliphatic rings. The molecule has 152 valence electrons. The van der Waals surface area contributed by atoms with Crippen LogP contribution in [0.1, 0.15) is 52.7 Å². The van der Waals surface area contributed by atoms with Gasteiger partial charge in [0.25, 0.3) is 5.56 Å². The normalized spacial score (nSPS) is 14.4. The van der Waals surface area contributed by atoms with Crippen molar-refractivity contribution < 1.29 is 9.84 Å². The van der Waals surface area contributed by atoms with Gasteiger partial charge in [0.1, 0.15) is 5.69 Å². The van der Waals surface area contributed by atoms with Gasteiger partial charge >= 0.3 is 5.69 Å². The molecule has 27 heavy (non-hydrogen) atoms. The number of rotatable bonds is 8. The second-order valence-electron chi connectivity index (χ2n) is 7.75. The summed E-state index contributed by atoms with van der Waals surface area (Å²) in [6.45, 7) is 9.01. The average Bonchev–Trinajstić information content (AvgIpc) is 2.77. The number of fused-ring (bicyclic) bond motifs is 1. The van der Waals surface area contributed by atoms with Crippen molar-refractivity contribution in [2.24, 2.45) is 13.0 Å². The Morgan fingerprint density at radius 1 is 1.19 bits per heavy atom. The van der Waals surface area contributed by atoms with Gasteiger partial charge < -0.3 is 14.7 Å². The fourth-order valence-electron chi connectivity index (χ4n) is 3.29. The van der Waals surface area contributed by atoms with Gasteiger partial charge in [-0.1, -0.05) is 13.8 Å². The SMILES string of the molecule is CC(C)CCN1C(OC(C)C)=CCCc2c1c(=O)n(CCCO)c(=O)n2C. The Bertz CT molecular complexity index is 790. The fraction of sp³-hybridized carbons (Fsp3) is 0.700. The number of hydrogen-bond donors (Lipinski definition) is 1. The van der Waals surface area contributed by atoms with Gasteiger partial charge in [-0.2, -0.15) is 0 Å². The van der Waals surface area contributed by atoms with E-state index in [4.69, 9.17) is 9.84 Å². The molecule has 0 aromatic carbocycles. The second kappa shape index (κ2) is 9.26. The standard InChI is InChI=1S/C20H33N3O4/c1-14(2)10-12-22-17(27-15(3)4)9-6-8-16-18(22)19(25)23(11-7-13-24)20(26)21(16)5/h9,14-15,24H,6-8,10-13H2,1-5H3. The Balaban J connectivity index is 2.64. The topological polar surface area (TPSA) is 76.7 Å². The van der Waals surface area contributed by atoms with E-state index in [2.05, 4.69) is 13.8 Å². The van der Waals surface area contributed by atoms with E-state index in [9.17, 15) is 9.59 Å². The summed E-state index contributed by atoms with van der Waals surface area (Å²) in [5, 5.41) is 9.14. The van der Waals surface area contributed by atoms with Crippen molar-refractivity contribution in [3.05, 3.63) is 38.5 Å². The average molecular weight is 380 g/mol. The molecule has 0 atom stereocenters. The molecule has 0 amide bonds. The minimum atomic E-state index is -0.329. The maximum absolute atomic E-state index is 13.3. The molecule has 7 nitrogen and oxygen atoms in total. The largest absolute Gasteiger partial charge is 0.476 e. The summed E-state index contributed by atoms with van der Waals surface area (Å²) in [7, 11) is 1.71. The summed E-state index contributed by atoms with van der Waals surface area (Å²) < 4.78 is 8.83. The van der Waals surface area contributed by atoms with E-state index in [-0.39, 0.29) is 30.5 Å². The summed E-state index contributed by atoms with van der Waals surface area (Å²) in [5.74, 6) is 1.16. The first kappa shape index (κ1) is 21.3. The van der Waals surface area contributed by atoms with Crippen LogP contribution in [0.5, 0.6) is 0 Å². The maximum atomic E-state index is 13.3. The van der Waals surface area contributed by atoms with Crippen LogP contribution in [0.4, 0.5) is 5.69 Å². The molecule has 0 unspecified atom stereocenters. The lowest BCUT2D eigenvalue weighted by molar-refractivity contribution is 0.139.